The molecule has 1 aliphatic carbocycles. The van der Waals surface area contributed by atoms with E-state index in [9.17, 15) is 4.79 Å². The Morgan fingerprint density at radius 3 is 2.46 bits per heavy atom. The molecular weight excluding hydrogens is 430 g/mol. The van der Waals surface area contributed by atoms with Gasteiger partial charge >= 0.3 is 0 Å². The van der Waals surface area contributed by atoms with Crippen LogP contribution in [-0.4, -0.2) is 5.78 Å². The summed E-state index contributed by atoms with van der Waals surface area (Å²) in [5.74, 6) is 0.875. The molecule has 1 aliphatic heterocycles. The van der Waals surface area contributed by atoms with Crippen molar-refractivity contribution in [3.05, 3.63) is 119 Å². The molecule has 0 spiro atoms. The number of carbonyl (C=O) groups is 1. The average Bonchev–Trinajstić information content (AvgIpc) is 2.86. The predicted molar refractivity (Wildman–Crippen MR) is 142 cm³/mol. The van der Waals surface area contributed by atoms with E-state index in [1.165, 1.54) is 10.8 Å². The first-order valence-corrected chi connectivity index (χ1v) is 12.3. The second-order valence-electron chi connectivity index (χ2n) is 10.5. The van der Waals surface area contributed by atoms with Crippen LogP contribution in [0.5, 0.6) is 5.75 Å². The monoisotopic (exact) mass is 459 g/mol. The fourth-order valence-corrected chi connectivity index (χ4v) is 5.70. The number of rotatable bonds is 4. The summed E-state index contributed by atoms with van der Waals surface area (Å²) in [6, 6.07) is 31.2. The lowest BCUT2D eigenvalue weighted by Crippen LogP contribution is -2.34. The first-order chi connectivity index (χ1) is 17.0. The topological polar surface area (TPSA) is 38.3 Å². The van der Waals surface area contributed by atoms with Gasteiger partial charge in [0, 0.05) is 34.9 Å². The van der Waals surface area contributed by atoms with E-state index in [1.54, 1.807) is 0 Å². The summed E-state index contributed by atoms with van der Waals surface area (Å²) in [5, 5.41) is 6.02. The van der Waals surface area contributed by atoms with Gasteiger partial charge in [0.05, 0.1) is 0 Å². The minimum atomic E-state index is -0.178. The number of nitrogens with one attached hydrogen (secondary N) is 1. The second kappa shape index (κ2) is 8.42. The molecule has 3 nitrogen and oxygen atoms in total. The molecule has 0 radical (unpaired) electrons. The van der Waals surface area contributed by atoms with Crippen LogP contribution in [0.25, 0.3) is 10.8 Å². The fraction of sp³-hybridized carbons (Fsp3) is 0.219. The number of hydrogen-bond acceptors (Lipinski definition) is 3. The normalized spacial score (nSPS) is 18.6. The molecule has 0 fully saturated rings. The van der Waals surface area contributed by atoms with Gasteiger partial charge in [-0.05, 0) is 45.9 Å². The molecule has 2 aliphatic rings. The van der Waals surface area contributed by atoms with Gasteiger partial charge in [-0.3, -0.25) is 4.79 Å². The molecule has 174 valence electrons. The Bertz CT molecular complexity index is 1470. The third-order valence-corrected chi connectivity index (χ3v) is 7.22. The number of carbonyl (C=O) groups excluding carboxylic acids is 1. The van der Waals surface area contributed by atoms with Crippen LogP contribution in [0.15, 0.2) is 102 Å². The van der Waals surface area contributed by atoms with E-state index in [0.29, 0.717) is 13.0 Å². The summed E-state index contributed by atoms with van der Waals surface area (Å²) in [4.78, 5) is 13.7. The van der Waals surface area contributed by atoms with Gasteiger partial charge < -0.3 is 10.1 Å². The van der Waals surface area contributed by atoms with Crippen LogP contribution >= 0.6 is 0 Å². The maximum Gasteiger partial charge on any atom is 0.162 e. The van der Waals surface area contributed by atoms with E-state index in [0.717, 1.165) is 45.8 Å². The van der Waals surface area contributed by atoms with Crippen LogP contribution in [-0.2, 0) is 11.4 Å². The quantitative estimate of drug-likeness (QED) is 0.341. The predicted octanol–water partition coefficient (Wildman–Crippen LogP) is 7.62. The van der Waals surface area contributed by atoms with Crippen molar-refractivity contribution in [3.8, 4) is 5.75 Å². The summed E-state index contributed by atoms with van der Waals surface area (Å²) in [6.07, 6.45) is 1.40. The number of para-hydroxylation sites is 1. The van der Waals surface area contributed by atoms with E-state index in [1.807, 2.05) is 30.3 Å². The zero-order valence-corrected chi connectivity index (χ0v) is 20.2. The van der Waals surface area contributed by atoms with E-state index in [-0.39, 0.29) is 17.1 Å². The molecule has 3 heteroatoms. The van der Waals surface area contributed by atoms with Crippen molar-refractivity contribution in [2.24, 2.45) is 5.41 Å². The van der Waals surface area contributed by atoms with Gasteiger partial charge in [-0.1, -0.05) is 92.7 Å². The number of benzene rings is 4. The summed E-state index contributed by atoms with van der Waals surface area (Å²) in [7, 11) is 0. The van der Waals surface area contributed by atoms with Crippen molar-refractivity contribution in [1.29, 1.82) is 0 Å². The van der Waals surface area contributed by atoms with E-state index >= 15 is 0 Å². The van der Waals surface area contributed by atoms with Crippen LogP contribution in [0, 0.1) is 5.41 Å². The summed E-state index contributed by atoms with van der Waals surface area (Å²) >= 11 is 0. The summed E-state index contributed by atoms with van der Waals surface area (Å²) in [5.41, 5.74) is 6.28. The Morgan fingerprint density at radius 1 is 0.857 bits per heavy atom. The van der Waals surface area contributed by atoms with Gasteiger partial charge in [-0.15, -0.1) is 0 Å². The molecule has 1 heterocycles. The van der Waals surface area contributed by atoms with Crippen molar-refractivity contribution < 1.29 is 9.53 Å². The molecular formula is C32H29NO2. The lowest BCUT2D eigenvalue weighted by molar-refractivity contribution is -0.118. The average molecular weight is 460 g/mol. The molecule has 1 N–H and O–H groups in total. The first-order valence-electron chi connectivity index (χ1n) is 12.3. The Morgan fingerprint density at radius 2 is 1.60 bits per heavy atom. The number of anilines is 1. The Labute approximate surface area is 206 Å². The first kappa shape index (κ1) is 21.7. The number of Topliss-reactive ketones (excluding diaryl/α,β-unsaturated/α-hetero) is 1. The standard InChI is InChI=1S/C32H29NO2/c1-32(2)18-26-31(27(34)19-32)30(29-23-13-7-6-12-22(23)16-17-25(29)33-26)24-14-8-9-15-28(24)35-20-21-10-4-3-5-11-21/h3-17,30,33H,18-20H2,1-2H3. The molecule has 0 saturated carbocycles. The maximum atomic E-state index is 13.7. The van der Waals surface area contributed by atoms with Crippen LogP contribution in [0.3, 0.4) is 0 Å². The van der Waals surface area contributed by atoms with Gasteiger partial charge in [0.1, 0.15) is 12.4 Å². The highest BCUT2D eigenvalue weighted by Gasteiger charge is 2.42. The lowest BCUT2D eigenvalue weighted by atomic mass is 9.68. The molecule has 1 unspecified atom stereocenters. The van der Waals surface area contributed by atoms with Gasteiger partial charge in [0.2, 0.25) is 0 Å². The van der Waals surface area contributed by atoms with Gasteiger partial charge in [0.25, 0.3) is 0 Å². The number of ketones is 1. The van der Waals surface area contributed by atoms with E-state index in [4.69, 9.17) is 4.74 Å². The van der Waals surface area contributed by atoms with Gasteiger partial charge in [-0.25, -0.2) is 0 Å². The molecule has 0 saturated heterocycles. The molecule has 0 bridgehead atoms. The number of fused-ring (bicyclic) bond motifs is 3. The van der Waals surface area contributed by atoms with Crippen LogP contribution in [0.2, 0.25) is 0 Å². The second-order valence-corrected chi connectivity index (χ2v) is 10.5. The van der Waals surface area contributed by atoms with Crippen molar-refractivity contribution in [1.82, 2.24) is 0 Å². The molecule has 6 rings (SSSR count). The summed E-state index contributed by atoms with van der Waals surface area (Å²) < 4.78 is 6.41. The highest BCUT2D eigenvalue weighted by atomic mass is 16.5. The minimum absolute atomic E-state index is 0.0643. The molecule has 4 aromatic rings. The fourth-order valence-electron chi connectivity index (χ4n) is 5.70. The minimum Gasteiger partial charge on any atom is -0.489 e. The third kappa shape index (κ3) is 3.91. The SMILES string of the molecule is CC1(C)CC(=O)C2=C(C1)Nc1ccc3ccccc3c1C2c1ccccc1OCc1ccccc1. The molecule has 4 aromatic carbocycles. The molecule has 0 aromatic heterocycles. The maximum absolute atomic E-state index is 13.7. The van der Waals surface area contributed by atoms with Crippen molar-refractivity contribution >= 4 is 22.2 Å². The molecule has 0 amide bonds. The smallest absolute Gasteiger partial charge is 0.162 e. The Hall–Kier alpha value is -3.85. The van der Waals surface area contributed by atoms with Gasteiger partial charge in [0.15, 0.2) is 5.78 Å². The van der Waals surface area contributed by atoms with Crippen LogP contribution in [0.4, 0.5) is 5.69 Å². The van der Waals surface area contributed by atoms with Crippen LogP contribution in [0.1, 0.15) is 49.3 Å². The van der Waals surface area contributed by atoms with E-state index < -0.39 is 0 Å². The van der Waals surface area contributed by atoms with E-state index in [2.05, 4.69) is 79.8 Å². The zero-order chi connectivity index (χ0) is 24.0. The Kier molecular flexibility index (Phi) is 5.21. The Balaban J connectivity index is 1.54. The van der Waals surface area contributed by atoms with Crippen LogP contribution < -0.4 is 10.1 Å². The number of hydrogen-bond donors (Lipinski definition) is 1. The van der Waals surface area contributed by atoms with Crippen molar-refractivity contribution in [2.45, 2.75) is 39.2 Å². The highest BCUT2D eigenvalue weighted by molar-refractivity contribution is 6.04. The highest BCUT2D eigenvalue weighted by Crippen LogP contribution is 2.52. The van der Waals surface area contributed by atoms with Crippen molar-refractivity contribution in [2.75, 3.05) is 5.32 Å². The third-order valence-electron chi connectivity index (χ3n) is 7.22. The lowest BCUT2D eigenvalue weighted by Gasteiger charge is -2.40. The summed E-state index contributed by atoms with van der Waals surface area (Å²) in [6.45, 7) is 4.84. The number of ether oxygens (including phenoxy) is 1. The molecule has 1 atom stereocenters. The number of allylic oxidation sites excluding steroid dienone is 2. The zero-order valence-electron chi connectivity index (χ0n) is 20.2. The van der Waals surface area contributed by atoms with Gasteiger partial charge in [-0.2, -0.15) is 0 Å². The van der Waals surface area contributed by atoms with Crippen molar-refractivity contribution in [3.63, 3.8) is 0 Å². The molecule has 35 heavy (non-hydrogen) atoms. The largest absolute Gasteiger partial charge is 0.489 e.